The van der Waals surface area contributed by atoms with E-state index in [-0.39, 0.29) is 4.90 Å². The lowest BCUT2D eigenvalue weighted by Gasteiger charge is -2.14. The maximum atomic E-state index is 13.0. The van der Waals surface area contributed by atoms with Crippen LogP contribution in [0.25, 0.3) is 5.69 Å². The molecule has 2 aromatic carbocycles. The van der Waals surface area contributed by atoms with Crippen LogP contribution in [-0.2, 0) is 9.84 Å². The Balaban J connectivity index is 2.05. The van der Waals surface area contributed by atoms with Crippen molar-refractivity contribution in [3.05, 3.63) is 70.2 Å². The van der Waals surface area contributed by atoms with Crippen LogP contribution in [0.4, 0.5) is 0 Å². The molecule has 0 fully saturated rings. The SMILES string of the molecule is COc1cc(-n2ccnc(S(=O)(=O)c3ccc(Cl)cc3)c2=O)ccc1OCC(C)C. The van der Waals surface area contributed by atoms with Gasteiger partial charge in [0.05, 0.1) is 24.3 Å². The average molecular weight is 449 g/mol. The van der Waals surface area contributed by atoms with E-state index >= 15 is 0 Å². The van der Waals surface area contributed by atoms with E-state index in [4.69, 9.17) is 21.1 Å². The van der Waals surface area contributed by atoms with Gasteiger partial charge in [0, 0.05) is 23.5 Å². The number of halogens is 1. The lowest BCUT2D eigenvalue weighted by molar-refractivity contribution is 0.257. The molecule has 0 N–H and O–H groups in total. The van der Waals surface area contributed by atoms with Crippen LogP contribution in [0.2, 0.25) is 5.02 Å². The summed E-state index contributed by atoms with van der Waals surface area (Å²) in [6, 6.07) is 10.5. The van der Waals surface area contributed by atoms with E-state index in [1.165, 1.54) is 48.3 Å². The molecule has 0 aliphatic rings. The Hall–Kier alpha value is -2.84. The van der Waals surface area contributed by atoms with Crippen LogP contribution in [-0.4, -0.2) is 31.7 Å². The van der Waals surface area contributed by atoms with Gasteiger partial charge in [-0.05, 0) is 42.3 Å². The molecule has 0 aliphatic heterocycles. The first-order valence-corrected chi connectivity index (χ1v) is 11.0. The summed E-state index contributed by atoms with van der Waals surface area (Å²) in [6.07, 6.45) is 2.66. The van der Waals surface area contributed by atoms with Gasteiger partial charge in [-0.3, -0.25) is 9.36 Å². The topological polar surface area (TPSA) is 87.5 Å². The van der Waals surface area contributed by atoms with Gasteiger partial charge in [-0.15, -0.1) is 0 Å². The molecule has 0 aliphatic carbocycles. The smallest absolute Gasteiger partial charge is 0.293 e. The van der Waals surface area contributed by atoms with Crippen LogP contribution in [0.1, 0.15) is 13.8 Å². The summed E-state index contributed by atoms with van der Waals surface area (Å²) in [7, 11) is -2.62. The fourth-order valence-corrected chi connectivity index (χ4v) is 4.06. The molecule has 0 bridgehead atoms. The fraction of sp³-hybridized carbons (Fsp3) is 0.238. The molecule has 9 heteroatoms. The average Bonchev–Trinajstić information content (AvgIpc) is 2.72. The number of hydrogen-bond acceptors (Lipinski definition) is 6. The van der Waals surface area contributed by atoms with Crippen molar-refractivity contribution in [1.82, 2.24) is 9.55 Å². The number of sulfone groups is 1. The predicted molar refractivity (Wildman–Crippen MR) is 114 cm³/mol. The number of nitrogens with zero attached hydrogens (tertiary/aromatic N) is 2. The van der Waals surface area contributed by atoms with Gasteiger partial charge in [-0.1, -0.05) is 25.4 Å². The lowest BCUT2D eigenvalue weighted by atomic mass is 10.2. The maximum Gasteiger partial charge on any atom is 0.293 e. The molecule has 7 nitrogen and oxygen atoms in total. The molecule has 30 heavy (non-hydrogen) atoms. The molecule has 1 aromatic heterocycles. The summed E-state index contributed by atoms with van der Waals surface area (Å²) in [5.74, 6) is 1.29. The van der Waals surface area contributed by atoms with Crippen molar-refractivity contribution in [3.8, 4) is 17.2 Å². The third-order valence-electron chi connectivity index (χ3n) is 4.19. The van der Waals surface area contributed by atoms with Gasteiger partial charge in [-0.2, -0.15) is 0 Å². The third-order valence-corrected chi connectivity index (χ3v) is 6.12. The molecule has 1 heterocycles. The predicted octanol–water partition coefficient (Wildman–Crippen LogP) is 3.76. The van der Waals surface area contributed by atoms with Crippen molar-refractivity contribution in [2.45, 2.75) is 23.8 Å². The summed E-state index contributed by atoms with van der Waals surface area (Å²) in [5, 5.41) is -0.189. The van der Waals surface area contributed by atoms with E-state index in [9.17, 15) is 13.2 Å². The van der Waals surface area contributed by atoms with Gasteiger partial charge < -0.3 is 9.47 Å². The monoisotopic (exact) mass is 448 g/mol. The molecule has 0 spiro atoms. The second kappa shape index (κ2) is 8.89. The van der Waals surface area contributed by atoms with Gasteiger partial charge >= 0.3 is 0 Å². The number of ether oxygens (including phenoxy) is 2. The van der Waals surface area contributed by atoms with Crippen molar-refractivity contribution in [1.29, 1.82) is 0 Å². The lowest BCUT2D eigenvalue weighted by Crippen LogP contribution is -2.26. The minimum Gasteiger partial charge on any atom is -0.493 e. The Morgan fingerprint density at radius 2 is 1.80 bits per heavy atom. The van der Waals surface area contributed by atoms with Crippen molar-refractivity contribution in [2.24, 2.45) is 5.92 Å². The number of benzene rings is 2. The van der Waals surface area contributed by atoms with E-state index in [2.05, 4.69) is 4.98 Å². The van der Waals surface area contributed by atoms with Gasteiger partial charge in [-0.25, -0.2) is 13.4 Å². The molecule has 0 radical (unpaired) electrons. The van der Waals surface area contributed by atoms with Crippen molar-refractivity contribution in [2.75, 3.05) is 13.7 Å². The van der Waals surface area contributed by atoms with Crippen LogP contribution >= 0.6 is 11.6 Å². The van der Waals surface area contributed by atoms with E-state index in [1.54, 1.807) is 18.2 Å². The van der Waals surface area contributed by atoms with E-state index in [0.717, 1.165) is 0 Å². The van der Waals surface area contributed by atoms with Gasteiger partial charge in [0.2, 0.25) is 14.9 Å². The maximum absolute atomic E-state index is 13.0. The molecule has 3 rings (SSSR count). The first-order chi connectivity index (χ1) is 14.2. The summed E-state index contributed by atoms with van der Waals surface area (Å²) in [5.41, 5.74) is -0.353. The number of methoxy groups -OCH3 is 1. The van der Waals surface area contributed by atoms with Crippen molar-refractivity contribution >= 4 is 21.4 Å². The number of rotatable bonds is 7. The normalized spacial score (nSPS) is 11.5. The van der Waals surface area contributed by atoms with Gasteiger partial charge in [0.15, 0.2) is 11.5 Å². The Kier molecular flexibility index (Phi) is 6.48. The minimum atomic E-state index is -4.12. The van der Waals surface area contributed by atoms with Crippen molar-refractivity contribution in [3.63, 3.8) is 0 Å². The largest absolute Gasteiger partial charge is 0.493 e. The molecule has 0 unspecified atom stereocenters. The van der Waals surface area contributed by atoms with Crippen molar-refractivity contribution < 1.29 is 17.9 Å². The molecule has 3 aromatic rings. The van der Waals surface area contributed by atoms with E-state index in [0.29, 0.717) is 34.7 Å². The Bertz CT molecular complexity index is 1200. The summed E-state index contributed by atoms with van der Waals surface area (Å²) < 4.78 is 38.1. The highest BCUT2D eigenvalue weighted by Gasteiger charge is 2.24. The number of aromatic nitrogens is 2. The molecule has 0 atom stereocenters. The highest BCUT2D eigenvalue weighted by Crippen LogP contribution is 2.29. The summed E-state index contributed by atoms with van der Waals surface area (Å²) >= 11 is 5.83. The highest BCUT2D eigenvalue weighted by molar-refractivity contribution is 7.91. The zero-order chi connectivity index (χ0) is 21.9. The van der Waals surface area contributed by atoms with Crippen LogP contribution in [0.3, 0.4) is 0 Å². The van der Waals surface area contributed by atoms with E-state index < -0.39 is 20.4 Å². The second-order valence-corrected chi connectivity index (χ2v) is 9.21. The van der Waals surface area contributed by atoms with Crippen LogP contribution in [0.5, 0.6) is 11.5 Å². The Morgan fingerprint density at radius 1 is 1.10 bits per heavy atom. The zero-order valence-electron chi connectivity index (χ0n) is 16.7. The Morgan fingerprint density at radius 3 is 2.43 bits per heavy atom. The van der Waals surface area contributed by atoms with Gasteiger partial charge in [0.1, 0.15) is 0 Å². The molecule has 158 valence electrons. The first kappa shape index (κ1) is 21.9. The molecular formula is C21H21ClN2O5S. The van der Waals surface area contributed by atoms with Crippen LogP contribution in [0, 0.1) is 5.92 Å². The summed E-state index contributed by atoms with van der Waals surface area (Å²) in [6.45, 7) is 4.56. The molecule has 0 saturated carbocycles. The fourth-order valence-electron chi connectivity index (χ4n) is 2.69. The van der Waals surface area contributed by atoms with Crippen LogP contribution in [0.15, 0.2) is 69.6 Å². The van der Waals surface area contributed by atoms with Gasteiger partial charge in [0.25, 0.3) is 5.56 Å². The molecule has 0 amide bonds. The standard InChI is InChI=1S/C21H21ClN2O5S/c1-14(2)13-29-18-9-6-16(12-19(18)28-3)24-11-10-23-20(21(24)25)30(26,27)17-7-4-15(22)5-8-17/h4-12,14H,13H2,1-3H3. The zero-order valence-corrected chi connectivity index (χ0v) is 18.3. The third kappa shape index (κ3) is 4.49. The quantitative estimate of drug-likeness (QED) is 0.546. The second-order valence-electron chi connectivity index (χ2n) is 6.90. The minimum absolute atomic E-state index is 0.0655. The molecule has 0 saturated heterocycles. The van der Waals surface area contributed by atoms with Crippen LogP contribution < -0.4 is 15.0 Å². The Labute approximate surface area is 179 Å². The summed E-state index contributed by atoms with van der Waals surface area (Å²) in [4.78, 5) is 16.7. The molecular weight excluding hydrogens is 428 g/mol. The highest BCUT2D eigenvalue weighted by atomic mass is 35.5. The first-order valence-electron chi connectivity index (χ1n) is 9.13. The van der Waals surface area contributed by atoms with E-state index in [1.807, 2.05) is 13.8 Å². The number of hydrogen-bond donors (Lipinski definition) is 0.